The van der Waals surface area contributed by atoms with Crippen molar-refractivity contribution in [2.45, 2.75) is 19.4 Å². The molecule has 0 saturated carbocycles. The summed E-state index contributed by atoms with van der Waals surface area (Å²) in [4.78, 5) is 27.4. The first-order valence-electron chi connectivity index (χ1n) is 7.09. The van der Waals surface area contributed by atoms with E-state index in [1.807, 2.05) is 31.2 Å². The van der Waals surface area contributed by atoms with Crippen molar-refractivity contribution in [2.24, 2.45) is 0 Å². The SMILES string of the molecule is COc1ccc(C(=O)N[C@@H](CC(=O)O)c2ccccc2C)cn1. The van der Waals surface area contributed by atoms with Crippen LogP contribution in [0.1, 0.15) is 33.9 Å². The summed E-state index contributed by atoms with van der Waals surface area (Å²) in [6, 6.07) is 9.93. The highest BCUT2D eigenvalue weighted by atomic mass is 16.5. The van der Waals surface area contributed by atoms with Crippen molar-refractivity contribution < 1.29 is 19.4 Å². The molecule has 1 aromatic heterocycles. The van der Waals surface area contributed by atoms with Gasteiger partial charge in [0, 0.05) is 12.3 Å². The van der Waals surface area contributed by atoms with E-state index in [0.29, 0.717) is 11.4 Å². The molecule has 0 bridgehead atoms. The number of aliphatic carboxylic acids is 1. The van der Waals surface area contributed by atoms with Crippen LogP contribution in [0.25, 0.3) is 0 Å². The number of amides is 1. The van der Waals surface area contributed by atoms with Gasteiger partial charge in [0.2, 0.25) is 5.88 Å². The zero-order valence-electron chi connectivity index (χ0n) is 12.9. The van der Waals surface area contributed by atoms with Gasteiger partial charge in [0.1, 0.15) is 0 Å². The molecule has 0 fully saturated rings. The number of nitrogens with zero attached hydrogens (tertiary/aromatic N) is 1. The van der Waals surface area contributed by atoms with E-state index in [9.17, 15) is 9.59 Å². The number of carbonyl (C=O) groups excluding carboxylic acids is 1. The molecule has 2 N–H and O–H groups in total. The maximum Gasteiger partial charge on any atom is 0.305 e. The van der Waals surface area contributed by atoms with Gasteiger partial charge in [-0.3, -0.25) is 9.59 Å². The van der Waals surface area contributed by atoms with E-state index in [1.54, 1.807) is 12.1 Å². The molecule has 2 rings (SSSR count). The molecule has 0 aliphatic rings. The third-order valence-electron chi connectivity index (χ3n) is 3.46. The van der Waals surface area contributed by atoms with Gasteiger partial charge in [0.25, 0.3) is 5.91 Å². The van der Waals surface area contributed by atoms with Crippen molar-refractivity contribution in [3.63, 3.8) is 0 Å². The van der Waals surface area contributed by atoms with E-state index in [2.05, 4.69) is 10.3 Å². The Morgan fingerprint density at radius 1 is 1.26 bits per heavy atom. The number of benzene rings is 1. The molecule has 0 aliphatic heterocycles. The molecule has 0 aliphatic carbocycles. The second kappa shape index (κ2) is 7.40. The van der Waals surface area contributed by atoms with Crippen molar-refractivity contribution in [1.82, 2.24) is 10.3 Å². The summed E-state index contributed by atoms with van der Waals surface area (Å²) in [7, 11) is 1.49. The molecule has 2 aromatic rings. The summed E-state index contributed by atoms with van der Waals surface area (Å²) >= 11 is 0. The van der Waals surface area contributed by atoms with Crippen LogP contribution in [0.4, 0.5) is 0 Å². The van der Waals surface area contributed by atoms with Gasteiger partial charge in [-0.2, -0.15) is 0 Å². The zero-order chi connectivity index (χ0) is 16.8. The molecular weight excluding hydrogens is 296 g/mol. The Labute approximate surface area is 134 Å². The number of pyridine rings is 1. The molecule has 6 nitrogen and oxygen atoms in total. The van der Waals surface area contributed by atoms with Crippen LogP contribution in [0.5, 0.6) is 5.88 Å². The number of hydrogen-bond donors (Lipinski definition) is 2. The van der Waals surface area contributed by atoms with Gasteiger partial charge in [0.15, 0.2) is 0 Å². The molecule has 0 spiro atoms. The molecule has 0 unspecified atom stereocenters. The van der Waals surface area contributed by atoms with Gasteiger partial charge in [0.05, 0.1) is 25.1 Å². The van der Waals surface area contributed by atoms with Crippen LogP contribution in [0.2, 0.25) is 0 Å². The van der Waals surface area contributed by atoms with Gasteiger partial charge in [-0.1, -0.05) is 24.3 Å². The number of nitrogens with one attached hydrogen (secondary N) is 1. The van der Waals surface area contributed by atoms with Crippen LogP contribution in [0.15, 0.2) is 42.6 Å². The lowest BCUT2D eigenvalue weighted by molar-refractivity contribution is -0.137. The summed E-state index contributed by atoms with van der Waals surface area (Å²) in [5.41, 5.74) is 2.05. The average Bonchev–Trinajstić information content (AvgIpc) is 2.54. The third kappa shape index (κ3) is 4.29. The van der Waals surface area contributed by atoms with E-state index < -0.39 is 12.0 Å². The summed E-state index contributed by atoms with van der Waals surface area (Å²) in [5, 5.41) is 11.9. The lowest BCUT2D eigenvalue weighted by atomic mass is 9.98. The van der Waals surface area contributed by atoms with Gasteiger partial charge < -0.3 is 15.2 Å². The molecule has 6 heteroatoms. The van der Waals surface area contributed by atoms with Gasteiger partial charge in [-0.05, 0) is 24.1 Å². The summed E-state index contributed by atoms with van der Waals surface area (Å²) in [5.74, 6) is -0.955. The maximum absolute atomic E-state index is 12.3. The van der Waals surface area contributed by atoms with Gasteiger partial charge >= 0.3 is 5.97 Å². The minimum absolute atomic E-state index is 0.194. The predicted molar refractivity (Wildman–Crippen MR) is 84.4 cm³/mol. The number of carboxylic acids is 1. The number of carboxylic acid groups (broad SMARTS) is 1. The smallest absolute Gasteiger partial charge is 0.305 e. The standard InChI is InChI=1S/C17H18N2O4/c1-11-5-3-4-6-13(11)14(9-16(20)21)19-17(22)12-7-8-15(23-2)18-10-12/h3-8,10,14H,9H2,1-2H3,(H,19,22)(H,20,21)/t14-/m0/s1. The summed E-state index contributed by atoms with van der Waals surface area (Å²) in [6.07, 6.45) is 1.20. The number of aryl methyl sites for hydroxylation is 1. The monoisotopic (exact) mass is 314 g/mol. The fourth-order valence-electron chi connectivity index (χ4n) is 2.27. The summed E-state index contributed by atoms with van der Waals surface area (Å²) < 4.78 is 4.95. The van der Waals surface area contributed by atoms with Crippen molar-refractivity contribution in [3.8, 4) is 5.88 Å². The summed E-state index contributed by atoms with van der Waals surface area (Å²) in [6.45, 7) is 1.88. The van der Waals surface area contributed by atoms with Crippen molar-refractivity contribution in [3.05, 3.63) is 59.3 Å². The molecule has 0 saturated heterocycles. The number of rotatable bonds is 6. The first-order chi connectivity index (χ1) is 11.0. The van der Waals surface area contributed by atoms with Crippen LogP contribution < -0.4 is 10.1 Å². The van der Waals surface area contributed by atoms with E-state index in [0.717, 1.165) is 11.1 Å². The van der Waals surface area contributed by atoms with Crippen molar-refractivity contribution in [1.29, 1.82) is 0 Å². The lowest BCUT2D eigenvalue weighted by Crippen LogP contribution is -2.30. The average molecular weight is 314 g/mol. The van der Waals surface area contributed by atoms with Crippen LogP contribution in [-0.4, -0.2) is 29.1 Å². The first kappa shape index (κ1) is 16.5. The van der Waals surface area contributed by atoms with Crippen molar-refractivity contribution >= 4 is 11.9 Å². The number of hydrogen-bond acceptors (Lipinski definition) is 4. The molecule has 120 valence electrons. The number of ether oxygens (including phenoxy) is 1. The van der Waals surface area contributed by atoms with Crippen LogP contribution in [0.3, 0.4) is 0 Å². The fourth-order valence-corrected chi connectivity index (χ4v) is 2.27. The predicted octanol–water partition coefficient (Wildman–Crippen LogP) is 2.34. The topological polar surface area (TPSA) is 88.5 Å². The molecule has 1 aromatic carbocycles. The largest absolute Gasteiger partial charge is 0.481 e. The van der Waals surface area contributed by atoms with Gasteiger partial charge in [-0.25, -0.2) is 4.98 Å². The van der Waals surface area contributed by atoms with E-state index in [-0.39, 0.29) is 12.3 Å². The number of aromatic nitrogens is 1. The van der Waals surface area contributed by atoms with Crippen LogP contribution in [0, 0.1) is 6.92 Å². The highest BCUT2D eigenvalue weighted by Gasteiger charge is 2.20. The number of methoxy groups -OCH3 is 1. The Bertz CT molecular complexity index is 698. The fraction of sp³-hybridized carbons (Fsp3) is 0.235. The second-order valence-electron chi connectivity index (χ2n) is 5.07. The van der Waals surface area contributed by atoms with Crippen molar-refractivity contribution in [2.75, 3.05) is 7.11 Å². The molecular formula is C17H18N2O4. The highest BCUT2D eigenvalue weighted by Crippen LogP contribution is 2.21. The van der Waals surface area contributed by atoms with E-state index >= 15 is 0 Å². The van der Waals surface area contributed by atoms with Crippen LogP contribution in [-0.2, 0) is 4.79 Å². The first-order valence-corrected chi connectivity index (χ1v) is 7.09. The van der Waals surface area contributed by atoms with Crippen LogP contribution >= 0.6 is 0 Å². The van der Waals surface area contributed by atoms with E-state index in [1.165, 1.54) is 13.3 Å². The van der Waals surface area contributed by atoms with Gasteiger partial charge in [-0.15, -0.1) is 0 Å². The zero-order valence-corrected chi connectivity index (χ0v) is 12.9. The molecule has 1 atom stereocenters. The molecule has 1 heterocycles. The third-order valence-corrected chi connectivity index (χ3v) is 3.46. The number of carbonyl (C=O) groups is 2. The normalized spacial score (nSPS) is 11.6. The molecule has 23 heavy (non-hydrogen) atoms. The molecule has 0 radical (unpaired) electrons. The Kier molecular flexibility index (Phi) is 5.30. The highest BCUT2D eigenvalue weighted by molar-refractivity contribution is 5.94. The second-order valence-corrected chi connectivity index (χ2v) is 5.07. The van der Waals surface area contributed by atoms with E-state index in [4.69, 9.17) is 9.84 Å². The Balaban J connectivity index is 2.21. The molecule has 1 amide bonds. The quantitative estimate of drug-likeness (QED) is 0.854. The lowest BCUT2D eigenvalue weighted by Gasteiger charge is -2.19. The minimum Gasteiger partial charge on any atom is -0.481 e. The Hall–Kier alpha value is -2.89. The maximum atomic E-state index is 12.3. The Morgan fingerprint density at radius 2 is 2.00 bits per heavy atom. The minimum atomic E-state index is -0.980. The Morgan fingerprint density at radius 3 is 2.57 bits per heavy atom.